The Kier molecular flexibility index (Phi) is 3.21. The molecule has 24 heavy (non-hydrogen) atoms. The number of fused-ring (bicyclic) bond motifs is 5. The molecule has 0 unspecified atom stereocenters. The van der Waals surface area contributed by atoms with E-state index in [1.807, 2.05) is 0 Å². The molecule has 3 fully saturated rings. The quantitative estimate of drug-likeness (QED) is 0.777. The Morgan fingerprint density at radius 2 is 1.92 bits per heavy atom. The SMILES string of the molecule is N#Cc1ccc(N2C[C@@H]3[C@@H]4CC[C@@H](C4)[C@@H]3S2(=O)=O)cc1C(F)(F)F. The Morgan fingerprint density at radius 1 is 1.21 bits per heavy atom. The number of hydrogen-bond acceptors (Lipinski definition) is 3. The molecule has 1 aliphatic heterocycles. The molecule has 1 saturated heterocycles. The van der Waals surface area contributed by atoms with Crippen LogP contribution in [0.15, 0.2) is 18.2 Å². The summed E-state index contributed by atoms with van der Waals surface area (Å²) in [6, 6.07) is 4.66. The van der Waals surface area contributed by atoms with Crippen molar-refractivity contribution in [1.29, 1.82) is 5.26 Å². The first-order valence-corrected chi connectivity index (χ1v) is 9.36. The van der Waals surface area contributed by atoms with Crippen molar-refractivity contribution in [3.63, 3.8) is 0 Å². The maximum absolute atomic E-state index is 13.1. The van der Waals surface area contributed by atoms with Gasteiger partial charge in [0.15, 0.2) is 0 Å². The van der Waals surface area contributed by atoms with E-state index in [1.54, 1.807) is 0 Å². The van der Waals surface area contributed by atoms with Gasteiger partial charge in [-0.3, -0.25) is 4.31 Å². The van der Waals surface area contributed by atoms with Gasteiger partial charge in [0.25, 0.3) is 0 Å². The van der Waals surface area contributed by atoms with E-state index in [0.29, 0.717) is 5.92 Å². The molecule has 0 radical (unpaired) electrons. The summed E-state index contributed by atoms with van der Waals surface area (Å²) < 4.78 is 66.3. The molecule has 0 spiro atoms. The van der Waals surface area contributed by atoms with Crippen LogP contribution in [0.25, 0.3) is 0 Å². The van der Waals surface area contributed by atoms with Gasteiger partial charge in [-0.15, -0.1) is 0 Å². The molecule has 2 bridgehead atoms. The lowest BCUT2D eigenvalue weighted by atomic mass is 9.88. The number of benzene rings is 1. The molecule has 2 saturated carbocycles. The molecule has 0 N–H and O–H groups in total. The molecule has 1 aromatic rings. The Balaban J connectivity index is 1.77. The molecular formula is C16H15F3N2O2S. The highest BCUT2D eigenvalue weighted by Crippen LogP contribution is 2.55. The molecule has 0 amide bonds. The fraction of sp³-hybridized carbons (Fsp3) is 0.562. The van der Waals surface area contributed by atoms with Crippen molar-refractivity contribution >= 4 is 15.7 Å². The average molecular weight is 356 g/mol. The lowest BCUT2D eigenvalue weighted by Crippen LogP contribution is -2.33. The lowest BCUT2D eigenvalue weighted by Gasteiger charge is -2.22. The maximum Gasteiger partial charge on any atom is 0.417 e. The van der Waals surface area contributed by atoms with Crippen LogP contribution in [-0.2, 0) is 16.2 Å². The Bertz CT molecular complexity index is 844. The number of hydrogen-bond donors (Lipinski definition) is 0. The van der Waals surface area contributed by atoms with E-state index in [2.05, 4.69) is 0 Å². The van der Waals surface area contributed by atoms with Gasteiger partial charge in [-0.1, -0.05) is 0 Å². The fourth-order valence-corrected chi connectivity index (χ4v) is 7.35. The van der Waals surface area contributed by atoms with Gasteiger partial charge < -0.3 is 0 Å². The summed E-state index contributed by atoms with van der Waals surface area (Å²) >= 11 is 0. The second-order valence-corrected chi connectivity index (χ2v) is 8.89. The third-order valence-electron chi connectivity index (χ3n) is 5.75. The van der Waals surface area contributed by atoms with Gasteiger partial charge in [-0.25, -0.2) is 8.42 Å². The van der Waals surface area contributed by atoms with Gasteiger partial charge in [0.2, 0.25) is 10.0 Å². The third kappa shape index (κ3) is 2.07. The molecule has 8 heteroatoms. The predicted molar refractivity (Wildman–Crippen MR) is 80.5 cm³/mol. The van der Waals surface area contributed by atoms with Crippen molar-refractivity contribution in [2.75, 3.05) is 10.8 Å². The average Bonchev–Trinajstić information content (AvgIpc) is 3.18. The minimum absolute atomic E-state index is 0.00938. The largest absolute Gasteiger partial charge is 0.417 e. The van der Waals surface area contributed by atoms with Crippen molar-refractivity contribution in [2.24, 2.45) is 17.8 Å². The smallest absolute Gasteiger partial charge is 0.270 e. The van der Waals surface area contributed by atoms with Crippen molar-refractivity contribution in [3.8, 4) is 6.07 Å². The number of nitrogens with zero attached hydrogens (tertiary/aromatic N) is 2. The van der Waals surface area contributed by atoms with E-state index in [-0.39, 0.29) is 24.1 Å². The molecule has 2 aliphatic carbocycles. The van der Waals surface area contributed by atoms with Crippen LogP contribution in [0.5, 0.6) is 0 Å². The van der Waals surface area contributed by atoms with Gasteiger partial charge in [0.1, 0.15) is 0 Å². The summed E-state index contributed by atoms with van der Waals surface area (Å²) in [5.41, 5.74) is -1.57. The highest BCUT2D eigenvalue weighted by molar-refractivity contribution is 7.93. The van der Waals surface area contributed by atoms with Gasteiger partial charge in [0.05, 0.1) is 28.1 Å². The number of sulfonamides is 1. The number of rotatable bonds is 1. The second kappa shape index (κ2) is 4.88. The Morgan fingerprint density at radius 3 is 2.54 bits per heavy atom. The summed E-state index contributed by atoms with van der Waals surface area (Å²) in [5.74, 6) is 0.509. The predicted octanol–water partition coefficient (Wildman–Crippen LogP) is 3.14. The third-order valence-corrected chi connectivity index (χ3v) is 8.15. The zero-order valence-electron chi connectivity index (χ0n) is 12.6. The molecule has 4 atom stereocenters. The van der Waals surface area contributed by atoms with Crippen molar-refractivity contribution in [2.45, 2.75) is 30.7 Å². The van der Waals surface area contributed by atoms with E-state index < -0.39 is 32.6 Å². The first kappa shape index (κ1) is 15.8. The monoisotopic (exact) mass is 356 g/mol. The lowest BCUT2D eigenvalue weighted by molar-refractivity contribution is -0.137. The second-order valence-electron chi connectivity index (χ2n) is 6.88. The Hall–Kier alpha value is -1.75. The standard InChI is InChI=1S/C16H15F3N2O2S/c17-16(18,19)14-6-12(4-3-11(14)7-20)21-8-13-9-1-2-10(5-9)15(13)24(21,22)23/h3-4,6,9-10,13,15H,1-2,5,8H2/t9-,10+,13-,15+/m1/s1. The summed E-state index contributed by atoms with van der Waals surface area (Å²) in [7, 11) is -3.65. The number of nitriles is 1. The van der Waals surface area contributed by atoms with Gasteiger partial charge in [0, 0.05) is 6.54 Å². The van der Waals surface area contributed by atoms with Gasteiger partial charge in [-0.2, -0.15) is 18.4 Å². The molecule has 1 heterocycles. The zero-order chi connectivity index (χ0) is 17.3. The van der Waals surface area contributed by atoms with Crippen LogP contribution in [-0.4, -0.2) is 20.2 Å². The first-order chi connectivity index (χ1) is 11.2. The minimum Gasteiger partial charge on any atom is -0.270 e. The summed E-state index contributed by atoms with van der Waals surface area (Å²) in [4.78, 5) is 0. The van der Waals surface area contributed by atoms with E-state index in [4.69, 9.17) is 5.26 Å². The molecule has 128 valence electrons. The van der Waals surface area contributed by atoms with Crippen LogP contribution in [0.3, 0.4) is 0 Å². The van der Waals surface area contributed by atoms with Crippen LogP contribution < -0.4 is 4.31 Å². The van der Waals surface area contributed by atoms with E-state index in [1.165, 1.54) is 12.1 Å². The number of alkyl halides is 3. The molecule has 4 rings (SSSR count). The molecular weight excluding hydrogens is 341 g/mol. The molecule has 1 aromatic carbocycles. The minimum atomic E-state index is -4.69. The normalized spacial score (nSPS) is 33.5. The summed E-state index contributed by atoms with van der Waals surface area (Å²) in [6.45, 7) is 0.247. The van der Waals surface area contributed by atoms with Crippen LogP contribution >= 0.6 is 0 Å². The maximum atomic E-state index is 13.1. The first-order valence-electron chi connectivity index (χ1n) is 7.86. The van der Waals surface area contributed by atoms with Gasteiger partial charge in [-0.05, 0) is 55.2 Å². The van der Waals surface area contributed by atoms with Crippen LogP contribution in [0.1, 0.15) is 30.4 Å². The van der Waals surface area contributed by atoms with E-state index in [9.17, 15) is 21.6 Å². The molecule has 4 nitrogen and oxygen atoms in total. The summed E-state index contributed by atoms with van der Waals surface area (Å²) in [5, 5.41) is 8.41. The molecule has 0 aromatic heterocycles. The molecule has 3 aliphatic rings. The van der Waals surface area contributed by atoms with Crippen LogP contribution in [0, 0.1) is 29.1 Å². The highest BCUT2D eigenvalue weighted by Gasteiger charge is 2.59. The highest BCUT2D eigenvalue weighted by atomic mass is 32.2. The van der Waals surface area contributed by atoms with E-state index >= 15 is 0 Å². The number of halogens is 3. The van der Waals surface area contributed by atoms with Crippen molar-refractivity contribution in [1.82, 2.24) is 0 Å². The fourth-order valence-electron chi connectivity index (χ4n) is 4.79. The topological polar surface area (TPSA) is 61.2 Å². The Labute approximate surface area is 137 Å². The van der Waals surface area contributed by atoms with Crippen LogP contribution in [0.4, 0.5) is 18.9 Å². The van der Waals surface area contributed by atoms with Crippen molar-refractivity contribution in [3.05, 3.63) is 29.3 Å². The van der Waals surface area contributed by atoms with Crippen molar-refractivity contribution < 1.29 is 21.6 Å². The van der Waals surface area contributed by atoms with E-state index in [0.717, 1.165) is 35.7 Å². The van der Waals surface area contributed by atoms with Crippen LogP contribution in [0.2, 0.25) is 0 Å². The summed E-state index contributed by atoms with van der Waals surface area (Å²) in [6.07, 6.45) is -1.88. The zero-order valence-corrected chi connectivity index (χ0v) is 13.4. The number of anilines is 1. The van der Waals surface area contributed by atoms with Gasteiger partial charge >= 0.3 is 6.18 Å².